The first-order chi connectivity index (χ1) is 15.8. The zero-order valence-corrected chi connectivity index (χ0v) is 18.9. The molecule has 2 aromatic rings. The molecular formula is C26H30F3N3O. The van der Waals surface area contributed by atoms with E-state index in [2.05, 4.69) is 16.3 Å². The quantitative estimate of drug-likeness (QED) is 0.673. The number of carbonyl (C=O) groups is 1. The highest BCUT2D eigenvalue weighted by molar-refractivity contribution is 5.92. The smallest absolute Gasteiger partial charge is 0.332 e. The summed E-state index contributed by atoms with van der Waals surface area (Å²) in [5.74, 6) is -0.243. The Balaban J connectivity index is 1.61. The van der Waals surface area contributed by atoms with Crippen molar-refractivity contribution in [2.45, 2.75) is 44.6 Å². The number of hydrogen-bond acceptors (Lipinski definition) is 3. The number of hydrogen-bond donors (Lipinski definition) is 1. The van der Waals surface area contributed by atoms with Crippen LogP contribution in [0.3, 0.4) is 0 Å². The molecule has 1 N–H and O–H groups in total. The Morgan fingerprint density at radius 3 is 2.67 bits per heavy atom. The lowest BCUT2D eigenvalue weighted by Crippen LogP contribution is -2.45. The van der Waals surface area contributed by atoms with Crippen LogP contribution in [-0.4, -0.2) is 48.4 Å². The van der Waals surface area contributed by atoms with E-state index in [1.54, 1.807) is 11.0 Å². The summed E-state index contributed by atoms with van der Waals surface area (Å²) in [5, 5.41) is 3.35. The zero-order valence-electron chi connectivity index (χ0n) is 18.9. The van der Waals surface area contributed by atoms with Crippen molar-refractivity contribution in [2.75, 3.05) is 26.7 Å². The maximum Gasteiger partial charge on any atom is 0.416 e. The number of likely N-dealkylation sites (tertiary alicyclic amines) is 1. The van der Waals surface area contributed by atoms with Crippen molar-refractivity contribution in [1.82, 2.24) is 15.1 Å². The summed E-state index contributed by atoms with van der Waals surface area (Å²) in [6.45, 7) is 3.28. The Hall–Kier alpha value is -2.64. The second-order valence-corrected chi connectivity index (χ2v) is 8.90. The number of alkyl halides is 3. The fourth-order valence-electron chi connectivity index (χ4n) is 4.79. The van der Waals surface area contributed by atoms with Gasteiger partial charge >= 0.3 is 6.18 Å². The van der Waals surface area contributed by atoms with E-state index in [-0.39, 0.29) is 24.1 Å². The summed E-state index contributed by atoms with van der Waals surface area (Å²) >= 11 is 0. The molecule has 0 aliphatic carbocycles. The van der Waals surface area contributed by atoms with Gasteiger partial charge in [-0.05, 0) is 80.3 Å². The first-order valence-corrected chi connectivity index (χ1v) is 11.5. The summed E-state index contributed by atoms with van der Waals surface area (Å²) in [6.07, 6.45) is 1.29. The summed E-state index contributed by atoms with van der Waals surface area (Å²) in [4.78, 5) is 17.2. The molecule has 2 aliphatic rings. The molecule has 4 nitrogen and oxygen atoms in total. The van der Waals surface area contributed by atoms with Crippen molar-refractivity contribution >= 4 is 12.0 Å². The van der Waals surface area contributed by atoms with E-state index in [1.165, 1.54) is 29.3 Å². The van der Waals surface area contributed by atoms with Crippen LogP contribution in [0.15, 0.2) is 48.5 Å². The summed E-state index contributed by atoms with van der Waals surface area (Å²) in [7, 11) is 2.02. The fourth-order valence-corrected chi connectivity index (χ4v) is 4.79. The number of nitrogens with zero attached hydrogens (tertiary/aromatic N) is 2. The van der Waals surface area contributed by atoms with Crippen LogP contribution in [0.25, 0.3) is 6.08 Å². The standard InChI is InChI=1S/C26H30F3N3O/c1-31-15-12-22(13-16-31)32(18-21-5-2-3-8-24(21)26(27,28)29)25(33)10-9-19-6-4-7-20-17-30-14-11-23(19)20/h2-10,22,30H,11-18H2,1H3/b10-9+. The second-order valence-electron chi connectivity index (χ2n) is 8.90. The third-order valence-corrected chi connectivity index (χ3v) is 6.66. The Kier molecular flexibility index (Phi) is 7.20. The van der Waals surface area contributed by atoms with E-state index in [9.17, 15) is 18.0 Å². The van der Waals surface area contributed by atoms with Crippen LogP contribution < -0.4 is 5.32 Å². The van der Waals surface area contributed by atoms with Crippen molar-refractivity contribution in [1.29, 1.82) is 0 Å². The van der Waals surface area contributed by atoms with Crippen LogP contribution in [0.2, 0.25) is 0 Å². The largest absolute Gasteiger partial charge is 0.416 e. The van der Waals surface area contributed by atoms with Gasteiger partial charge in [-0.25, -0.2) is 0 Å². The van der Waals surface area contributed by atoms with Gasteiger partial charge in [0, 0.05) is 25.2 Å². The molecule has 0 spiro atoms. The van der Waals surface area contributed by atoms with Crippen LogP contribution in [0.5, 0.6) is 0 Å². The molecule has 1 saturated heterocycles. The number of rotatable bonds is 5. The zero-order chi connectivity index (χ0) is 23.4. The lowest BCUT2D eigenvalue weighted by atomic mass is 9.95. The van der Waals surface area contributed by atoms with Gasteiger partial charge in [0.25, 0.3) is 0 Å². The van der Waals surface area contributed by atoms with E-state index in [0.717, 1.165) is 57.1 Å². The average Bonchev–Trinajstić information content (AvgIpc) is 2.81. The second kappa shape index (κ2) is 10.1. The van der Waals surface area contributed by atoms with Crippen LogP contribution in [0, 0.1) is 0 Å². The van der Waals surface area contributed by atoms with Gasteiger partial charge < -0.3 is 15.1 Å². The molecule has 2 aliphatic heterocycles. The van der Waals surface area contributed by atoms with Gasteiger partial charge in [-0.15, -0.1) is 0 Å². The van der Waals surface area contributed by atoms with Gasteiger partial charge in [0.05, 0.1) is 5.56 Å². The molecule has 1 amide bonds. The predicted octanol–water partition coefficient (Wildman–Crippen LogP) is 4.49. The van der Waals surface area contributed by atoms with Crippen molar-refractivity contribution in [3.05, 3.63) is 76.4 Å². The third-order valence-electron chi connectivity index (χ3n) is 6.66. The topological polar surface area (TPSA) is 35.6 Å². The van der Waals surface area contributed by atoms with Crippen LogP contribution in [-0.2, 0) is 30.5 Å². The minimum Gasteiger partial charge on any atom is -0.332 e. The van der Waals surface area contributed by atoms with E-state index in [0.29, 0.717) is 0 Å². The van der Waals surface area contributed by atoms with E-state index >= 15 is 0 Å². The molecule has 0 radical (unpaired) electrons. The molecule has 0 saturated carbocycles. The molecule has 2 heterocycles. The molecule has 4 rings (SSSR count). The number of amides is 1. The van der Waals surface area contributed by atoms with E-state index in [1.807, 2.05) is 25.3 Å². The Morgan fingerprint density at radius 1 is 1.15 bits per heavy atom. The molecule has 0 atom stereocenters. The maximum atomic E-state index is 13.6. The Labute approximate surface area is 193 Å². The molecule has 33 heavy (non-hydrogen) atoms. The summed E-state index contributed by atoms with van der Waals surface area (Å²) in [5.41, 5.74) is 2.91. The van der Waals surface area contributed by atoms with Crippen molar-refractivity contribution in [3.63, 3.8) is 0 Å². The molecule has 2 aromatic carbocycles. The molecule has 0 bridgehead atoms. The monoisotopic (exact) mass is 457 g/mol. The van der Waals surface area contributed by atoms with Gasteiger partial charge in [-0.3, -0.25) is 4.79 Å². The van der Waals surface area contributed by atoms with Gasteiger partial charge in [0.2, 0.25) is 5.91 Å². The lowest BCUT2D eigenvalue weighted by molar-refractivity contribution is -0.139. The highest BCUT2D eigenvalue weighted by Gasteiger charge is 2.34. The summed E-state index contributed by atoms with van der Waals surface area (Å²) in [6, 6.07) is 11.5. The number of nitrogens with one attached hydrogen (secondary N) is 1. The number of halogens is 3. The van der Waals surface area contributed by atoms with Crippen molar-refractivity contribution < 1.29 is 18.0 Å². The molecule has 1 fully saturated rings. The van der Waals surface area contributed by atoms with E-state index < -0.39 is 11.7 Å². The maximum absolute atomic E-state index is 13.6. The van der Waals surface area contributed by atoms with Gasteiger partial charge in [-0.2, -0.15) is 13.2 Å². The van der Waals surface area contributed by atoms with E-state index in [4.69, 9.17) is 0 Å². The Bertz CT molecular complexity index is 1010. The number of benzene rings is 2. The molecule has 7 heteroatoms. The minimum atomic E-state index is -4.45. The number of fused-ring (bicyclic) bond motifs is 1. The SMILES string of the molecule is CN1CCC(N(Cc2ccccc2C(F)(F)F)C(=O)/C=C/c2cccc3c2CCNC3)CC1. The van der Waals surface area contributed by atoms with Crippen LogP contribution in [0.1, 0.15) is 40.7 Å². The van der Waals surface area contributed by atoms with Gasteiger partial charge in [0.15, 0.2) is 0 Å². The molecule has 0 unspecified atom stereocenters. The number of piperidine rings is 1. The fraction of sp³-hybridized carbons (Fsp3) is 0.423. The average molecular weight is 458 g/mol. The van der Waals surface area contributed by atoms with Crippen molar-refractivity contribution in [3.8, 4) is 0 Å². The summed E-state index contributed by atoms with van der Waals surface area (Å²) < 4.78 is 40.8. The normalized spacial score (nSPS) is 17.8. The highest BCUT2D eigenvalue weighted by atomic mass is 19.4. The molecular weight excluding hydrogens is 427 g/mol. The Morgan fingerprint density at radius 2 is 1.91 bits per heavy atom. The van der Waals surface area contributed by atoms with Crippen molar-refractivity contribution in [2.24, 2.45) is 0 Å². The minimum absolute atomic E-state index is 0.0515. The third kappa shape index (κ3) is 5.65. The first-order valence-electron chi connectivity index (χ1n) is 11.5. The molecule has 176 valence electrons. The predicted molar refractivity (Wildman–Crippen MR) is 123 cm³/mol. The molecule has 0 aromatic heterocycles. The van der Waals surface area contributed by atoms with Gasteiger partial charge in [-0.1, -0.05) is 36.4 Å². The lowest BCUT2D eigenvalue weighted by Gasteiger charge is -2.37. The first kappa shape index (κ1) is 23.5. The van der Waals surface area contributed by atoms with Crippen LogP contribution in [0.4, 0.5) is 13.2 Å². The highest BCUT2D eigenvalue weighted by Crippen LogP contribution is 2.33. The number of carbonyl (C=O) groups excluding carboxylic acids is 1. The van der Waals surface area contributed by atoms with Gasteiger partial charge in [0.1, 0.15) is 0 Å². The van der Waals surface area contributed by atoms with Crippen LogP contribution >= 0.6 is 0 Å².